The van der Waals surface area contributed by atoms with Crippen LogP contribution < -0.4 is 15.5 Å². The first-order valence-electron chi connectivity index (χ1n) is 13.0. The van der Waals surface area contributed by atoms with E-state index in [1.54, 1.807) is 0 Å². The number of hydrogen-bond acceptors (Lipinski definition) is 7. The fourth-order valence-corrected chi connectivity index (χ4v) is 5.87. The first kappa shape index (κ1) is 22.3. The van der Waals surface area contributed by atoms with Crippen LogP contribution in [0, 0.1) is 0 Å². The standard InChI is InChI=1S/C27H36N8/c1-19-13-20-7-8-21(23-16-29-35(18-23)24-5-3-4-6-24)14-22(20)17-34(19)26-15-25(30-27(28)31-26)33-11-9-32(2)10-12-33/h7-8,14-16,18-19,24H,3-6,9-13,17H2,1-2H3,(H2,28,30,31). The summed E-state index contributed by atoms with van der Waals surface area (Å²) in [5.74, 6) is 2.21. The molecule has 1 aliphatic carbocycles. The number of hydrogen-bond donors (Lipinski definition) is 1. The number of piperazine rings is 1. The molecule has 0 amide bonds. The van der Waals surface area contributed by atoms with Gasteiger partial charge in [-0.15, -0.1) is 0 Å². The van der Waals surface area contributed by atoms with Crippen molar-refractivity contribution in [3.05, 3.63) is 47.8 Å². The van der Waals surface area contributed by atoms with Gasteiger partial charge >= 0.3 is 0 Å². The molecule has 2 aromatic heterocycles. The van der Waals surface area contributed by atoms with E-state index in [2.05, 4.69) is 73.8 Å². The molecular formula is C27H36N8. The first-order chi connectivity index (χ1) is 17.0. The van der Waals surface area contributed by atoms with Gasteiger partial charge in [-0.2, -0.15) is 15.1 Å². The lowest BCUT2D eigenvalue weighted by Crippen LogP contribution is -2.45. The van der Waals surface area contributed by atoms with E-state index in [1.807, 2.05) is 6.20 Å². The van der Waals surface area contributed by atoms with Crippen molar-refractivity contribution in [1.82, 2.24) is 24.6 Å². The number of benzene rings is 1. The predicted molar refractivity (Wildman–Crippen MR) is 141 cm³/mol. The Morgan fingerprint density at radius 1 is 0.914 bits per heavy atom. The fraction of sp³-hybridized carbons (Fsp3) is 0.519. The van der Waals surface area contributed by atoms with Crippen LogP contribution in [0.15, 0.2) is 36.7 Å². The first-order valence-corrected chi connectivity index (χ1v) is 13.0. The van der Waals surface area contributed by atoms with E-state index in [-0.39, 0.29) is 0 Å². The second kappa shape index (κ2) is 9.15. The molecule has 3 aromatic rings. The number of aromatic nitrogens is 4. The van der Waals surface area contributed by atoms with Gasteiger partial charge in [0.25, 0.3) is 0 Å². The largest absolute Gasteiger partial charge is 0.368 e. The third kappa shape index (κ3) is 4.47. The molecule has 2 fully saturated rings. The van der Waals surface area contributed by atoms with Crippen LogP contribution in [0.4, 0.5) is 17.6 Å². The van der Waals surface area contributed by atoms with Crippen molar-refractivity contribution in [3.8, 4) is 11.1 Å². The second-order valence-corrected chi connectivity index (χ2v) is 10.5. The molecule has 1 atom stereocenters. The van der Waals surface area contributed by atoms with Gasteiger partial charge in [0.15, 0.2) is 0 Å². The molecule has 8 heteroatoms. The normalized spacial score (nSPS) is 21.5. The van der Waals surface area contributed by atoms with Gasteiger partial charge in [-0.1, -0.05) is 25.0 Å². The number of nitrogens with zero attached hydrogens (tertiary/aromatic N) is 7. The molecule has 6 rings (SSSR count). The van der Waals surface area contributed by atoms with Gasteiger partial charge in [0.2, 0.25) is 5.95 Å². The van der Waals surface area contributed by atoms with Crippen LogP contribution in [-0.4, -0.2) is 63.9 Å². The summed E-state index contributed by atoms with van der Waals surface area (Å²) in [5, 5.41) is 4.70. The summed E-state index contributed by atoms with van der Waals surface area (Å²) in [4.78, 5) is 16.3. The molecule has 2 aliphatic heterocycles. The maximum absolute atomic E-state index is 6.20. The molecular weight excluding hydrogens is 436 g/mol. The van der Waals surface area contributed by atoms with Crippen molar-refractivity contribution in [2.75, 3.05) is 48.8 Å². The topological polar surface area (TPSA) is 79.3 Å². The van der Waals surface area contributed by atoms with E-state index < -0.39 is 0 Å². The van der Waals surface area contributed by atoms with Gasteiger partial charge in [0.1, 0.15) is 11.6 Å². The molecule has 3 aliphatic rings. The molecule has 8 nitrogen and oxygen atoms in total. The maximum atomic E-state index is 6.20. The Morgan fingerprint density at radius 2 is 1.69 bits per heavy atom. The predicted octanol–water partition coefficient (Wildman–Crippen LogP) is 3.74. The van der Waals surface area contributed by atoms with E-state index in [0.29, 0.717) is 18.0 Å². The Balaban J connectivity index is 1.26. The number of nitrogen functional groups attached to an aromatic ring is 1. The van der Waals surface area contributed by atoms with E-state index >= 15 is 0 Å². The van der Waals surface area contributed by atoms with Crippen molar-refractivity contribution in [2.24, 2.45) is 0 Å². The van der Waals surface area contributed by atoms with Crippen LogP contribution in [-0.2, 0) is 13.0 Å². The monoisotopic (exact) mass is 472 g/mol. The number of anilines is 3. The van der Waals surface area contributed by atoms with Gasteiger partial charge in [0.05, 0.1) is 12.2 Å². The average Bonchev–Trinajstić information content (AvgIpc) is 3.56. The molecule has 1 unspecified atom stereocenters. The SMILES string of the molecule is CC1Cc2ccc(-c3cnn(C4CCCC4)c3)cc2CN1c1cc(N2CCN(C)CC2)nc(N)n1. The van der Waals surface area contributed by atoms with Crippen LogP contribution >= 0.6 is 0 Å². The third-order valence-corrected chi connectivity index (χ3v) is 8.07. The number of rotatable bonds is 4. The van der Waals surface area contributed by atoms with Crippen LogP contribution in [0.5, 0.6) is 0 Å². The Hall–Kier alpha value is -3.13. The summed E-state index contributed by atoms with van der Waals surface area (Å²) in [6, 6.07) is 9.93. The minimum Gasteiger partial charge on any atom is -0.368 e. The van der Waals surface area contributed by atoms with E-state index in [4.69, 9.17) is 10.8 Å². The van der Waals surface area contributed by atoms with Crippen molar-refractivity contribution < 1.29 is 0 Å². The smallest absolute Gasteiger partial charge is 0.223 e. The molecule has 0 bridgehead atoms. The van der Waals surface area contributed by atoms with Gasteiger partial charge in [-0.25, -0.2) is 0 Å². The lowest BCUT2D eigenvalue weighted by atomic mass is 9.92. The lowest BCUT2D eigenvalue weighted by Gasteiger charge is -2.37. The van der Waals surface area contributed by atoms with Gasteiger partial charge in [0, 0.05) is 56.6 Å². The highest BCUT2D eigenvalue weighted by Gasteiger charge is 2.26. The summed E-state index contributed by atoms with van der Waals surface area (Å²) >= 11 is 0. The molecule has 0 spiro atoms. The Morgan fingerprint density at radius 3 is 2.49 bits per heavy atom. The molecule has 0 radical (unpaired) electrons. The van der Waals surface area contributed by atoms with Crippen molar-refractivity contribution >= 4 is 17.6 Å². The Labute approximate surface area is 207 Å². The molecule has 35 heavy (non-hydrogen) atoms. The zero-order valence-corrected chi connectivity index (χ0v) is 20.9. The van der Waals surface area contributed by atoms with Crippen molar-refractivity contribution in [2.45, 2.75) is 57.7 Å². The number of nitrogens with two attached hydrogens (primary N) is 1. The third-order valence-electron chi connectivity index (χ3n) is 8.07. The van der Waals surface area contributed by atoms with E-state index in [9.17, 15) is 0 Å². The minimum atomic E-state index is 0.341. The highest BCUT2D eigenvalue weighted by molar-refractivity contribution is 5.65. The second-order valence-electron chi connectivity index (χ2n) is 10.5. The maximum Gasteiger partial charge on any atom is 0.223 e. The van der Waals surface area contributed by atoms with Crippen molar-refractivity contribution in [3.63, 3.8) is 0 Å². The summed E-state index contributed by atoms with van der Waals surface area (Å²) < 4.78 is 2.18. The quantitative estimate of drug-likeness (QED) is 0.620. The lowest BCUT2D eigenvalue weighted by molar-refractivity contribution is 0.312. The van der Waals surface area contributed by atoms with E-state index in [0.717, 1.165) is 50.8 Å². The van der Waals surface area contributed by atoms with Crippen LogP contribution in [0.1, 0.15) is 49.8 Å². The van der Waals surface area contributed by atoms with Crippen LogP contribution in [0.3, 0.4) is 0 Å². The molecule has 184 valence electrons. The summed E-state index contributed by atoms with van der Waals surface area (Å²) in [6.45, 7) is 7.08. The van der Waals surface area contributed by atoms with Gasteiger partial charge < -0.3 is 20.4 Å². The molecule has 2 N–H and O–H groups in total. The molecule has 4 heterocycles. The van der Waals surface area contributed by atoms with E-state index in [1.165, 1.54) is 47.9 Å². The van der Waals surface area contributed by atoms with Crippen LogP contribution in [0.2, 0.25) is 0 Å². The highest BCUT2D eigenvalue weighted by atomic mass is 15.3. The zero-order chi connectivity index (χ0) is 23.9. The van der Waals surface area contributed by atoms with Crippen LogP contribution in [0.25, 0.3) is 11.1 Å². The fourth-order valence-electron chi connectivity index (χ4n) is 5.87. The molecule has 1 saturated heterocycles. The Kier molecular flexibility index (Phi) is 5.84. The molecule has 1 saturated carbocycles. The number of fused-ring (bicyclic) bond motifs is 1. The Bertz CT molecular complexity index is 1190. The van der Waals surface area contributed by atoms with Gasteiger partial charge in [-0.3, -0.25) is 4.68 Å². The zero-order valence-electron chi connectivity index (χ0n) is 20.9. The summed E-state index contributed by atoms with van der Waals surface area (Å²) in [5.41, 5.74) is 11.4. The highest BCUT2D eigenvalue weighted by Crippen LogP contribution is 2.34. The average molecular weight is 473 g/mol. The van der Waals surface area contributed by atoms with Gasteiger partial charge in [-0.05, 0) is 56.0 Å². The van der Waals surface area contributed by atoms with Crippen molar-refractivity contribution in [1.29, 1.82) is 0 Å². The summed E-state index contributed by atoms with van der Waals surface area (Å²) in [6.07, 6.45) is 10.4. The number of likely N-dealkylation sites (N-methyl/N-ethyl adjacent to an activating group) is 1. The summed E-state index contributed by atoms with van der Waals surface area (Å²) in [7, 11) is 2.16. The molecule has 1 aromatic carbocycles. The minimum absolute atomic E-state index is 0.341.